The molecular formula is C18H35N3O. The van der Waals surface area contributed by atoms with Crippen molar-refractivity contribution < 1.29 is 4.79 Å². The van der Waals surface area contributed by atoms with E-state index in [0.717, 1.165) is 32.1 Å². The first-order valence-corrected chi connectivity index (χ1v) is 9.48. The molecule has 1 saturated heterocycles. The van der Waals surface area contributed by atoms with Crippen LogP contribution in [0.15, 0.2) is 0 Å². The molecule has 2 fully saturated rings. The number of carbonyl (C=O) groups is 1. The summed E-state index contributed by atoms with van der Waals surface area (Å²) >= 11 is 0. The summed E-state index contributed by atoms with van der Waals surface area (Å²) in [5.74, 6) is 0.205. The van der Waals surface area contributed by atoms with Gasteiger partial charge in [-0.2, -0.15) is 0 Å². The van der Waals surface area contributed by atoms with E-state index in [-0.39, 0.29) is 5.91 Å². The molecule has 0 aromatic rings. The minimum absolute atomic E-state index is 0.205. The Hall–Kier alpha value is -0.610. The van der Waals surface area contributed by atoms with Crippen LogP contribution in [-0.4, -0.2) is 60.5 Å². The third kappa shape index (κ3) is 5.54. The van der Waals surface area contributed by atoms with Crippen LogP contribution in [0.4, 0.5) is 0 Å². The molecule has 4 heteroatoms. The van der Waals surface area contributed by atoms with Crippen molar-refractivity contribution >= 4 is 5.91 Å². The molecule has 0 bridgehead atoms. The molecule has 1 atom stereocenters. The van der Waals surface area contributed by atoms with Crippen molar-refractivity contribution in [3.63, 3.8) is 0 Å². The second-order valence-electron chi connectivity index (χ2n) is 7.01. The molecule has 2 aliphatic rings. The number of hydrogen-bond acceptors (Lipinski definition) is 3. The molecule has 1 unspecified atom stereocenters. The highest BCUT2D eigenvalue weighted by atomic mass is 16.2. The van der Waals surface area contributed by atoms with E-state index in [1.165, 1.54) is 51.5 Å². The summed E-state index contributed by atoms with van der Waals surface area (Å²) in [7, 11) is 0. The second kappa shape index (κ2) is 9.51. The molecule has 128 valence electrons. The van der Waals surface area contributed by atoms with E-state index in [0.29, 0.717) is 12.6 Å². The van der Waals surface area contributed by atoms with Gasteiger partial charge >= 0.3 is 0 Å². The van der Waals surface area contributed by atoms with Crippen LogP contribution in [0.1, 0.15) is 65.2 Å². The topological polar surface area (TPSA) is 35.6 Å². The quantitative estimate of drug-likeness (QED) is 0.766. The zero-order valence-electron chi connectivity index (χ0n) is 14.6. The van der Waals surface area contributed by atoms with Crippen molar-refractivity contribution in [2.75, 3.05) is 32.7 Å². The number of nitrogens with one attached hydrogen (secondary N) is 1. The average Bonchev–Trinajstić information content (AvgIpc) is 2.82. The molecule has 0 aromatic heterocycles. The molecule has 1 amide bonds. The zero-order chi connectivity index (χ0) is 15.8. The van der Waals surface area contributed by atoms with E-state index in [1.54, 1.807) is 0 Å². The van der Waals surface area contributed by atoms with Gasteiger partial charge in [-0.15, -0.1) is 0 Å². The summed E-state index contributed by atoms with van der Waals surface area (Å²) in [6.45, 7) is 8.97. The fourth-order valence-electron chi connectivity index (χ4n) is 4.00. The van der Waals surface area contributed by atoms with Gasteiger partial charge in [0.1, 0.15) is 0 Å². The van der Waals surface area contributed by atoms with Crippen LogP contribution in [0.2, 0.25) is 0 Å². The lowest BCUT2D eigenvalue weighted by Gasteiger charge is -2.38. The standard InChI is InChI=1S/C18H35N3O/c1-3-20(4-2)15-18(22)19-16-10-9-13-21(14-16)17-11-7-5-6-8-12-17/h16-17H,3-15H2,1-2H3,(H,19,22). The van der Waals surface area contributed by atoms with E-state index in [9.17, 15) is 4.79 Å². The van der Waals surface area contributed by atoms with Crippen LogP contribution in [-0.2, 0) is 4.79 Å². The van der Waals surface area contributed by atoms with Gasteiger partial charge in [0.05, 0.1) is 6.54 Å². The summed E-state index contributed by atoms with van der Waals surface area (Å²) in [6, 6.07) is 1.13. The molecule has 1 aliphatic carbocycles. The highest BCUT2D eigenvalue weighted by molar-refractivity contribution is 5.78. The number of carbonyl (C=O) groups excluding carboxylic acids is 1. The highest BCUT2D eigenvalue weighted by Gasteiger charge is 2.27. The third-order valence-corrected chi connectivity index (χ3v) is 5.42. The van der Waals surface area contributed by atoms with Crippen molar-refractivity contribution in [3.05, 3.63) is 0 Å². The number of likely N-dealkylation sites (N-methyl/N-ethyl adjacent to an activating group) is 1. The Morgan fingerprint density at radius 3 is 2.36 bits per heavy atom. The van der Waals surface area contributed by atoms with E-state index in [4.69, 9.17) is 0 Å². The van der Waals surface area contributed by atoms with Gasteiger partial charge in [0, 0.05) is 18.6 Å². The number of likely N-dealkylation sites (tertiary alicyclic amines) is 1. The Kier molecular flexibility index (Phi) is 7.67. The third-order valence-electron chi connectivity index (χ3n) is 5.42. The minimum Gasteiger partial charge on any atom is -0.351 e. The normalized spacial score (nSPS) is 25.1. The Bertz CT molecular complexity index is 322. The molecular weight excluding hydrogens is 274 g/mol. The van der Waals surface area contributed by atoms with Crippen LogP contribution in [0, 0.1) is 0 Å². The van der Waals surface area contributed by atoms with Gasteiger partial charge in [-0.05, 0) is 45.3 Å². The summed E-state index contributed by atoms with van der Waals surface area (Å²) in [4.78, 5) is 17.1. The van der Waals surface area contributed by atoms with E-state index in [2.05, 4.69) is 29.0 Å². The largest absolute Gasteiger partial charge is 0.351 e. The molecule has 22 heavy (non-hydrogen) atoms. The predicted molar refractivity (Wildman–Crippen MR) is 92.0 cm³/mol. The van der Waals surface area contributed by atoms with Gasteiger partial charge in [-0.1, -0.05) is 39.5 Å². The second-order valence-corrected chi connectivity index (χ2v) is 7.01. The van der Waals surface area contributed by atoms with Crippen molar-refractivity contribution in [1.29, 1.82) is 0 Å². The van der Waals surface area contributed by atoms with Crippen molar-refractivity contribution in [2.45, 2.75) is 77.3 Å². The predicted octanol–water partition coefficient (Wildman–Crippen LogP) is 2.63. The molecule has 2 rings (SSSR count). The lowest BCUT2D eigenvalue weighted by molar-refractivity contribution is -0.123. The fraction of sp³-hybridized carbons (Fsp3) is 0.944. The van der Waals surface area contributed by atoms with Crippen LogP contribution in [0.25, 0.3) is 0 Å². The summed E-state index contributed by atoms with van der Waals surface area (Å²) in [6.07, 6.45) is 10.7. The van der Waals surface area contributed by atoms with Gasteiger partial charge < -0.3 is 5.32 Å². The van der Waals surface area contributed by atoms with Crippen molar-refractivity contribution in [2.24, 2.45) is 0 Å². The molecule has 1 saturated carbocycles. The Balaban J connectivity index is 1.78. The van der Waals surface area contributed by atoms with Crippen LogP contribution < -0.4 is 5.32 Å². The Morgan fingerprint density at radius 1 is 1.05 bits per heavy atom. The van der Waals surface area contributed by atoms with Gasteiger partial charge in [-0.3, -0.25) is 14.6 Å². The summed E-state index contributed by atoms with van der Waals surface area (Å²) in [5.41, 5.74) is 0. The summed E-state index contributed by atoms with van der Waals surface area (Å²) in [5, 5.41) is 3.28. The first kappa shape index (κ1) is 17.7. The SMILES string of the molecule is CCN(CC)CC(=O)NC1CCCN(C2CCCCCC2)C1. The molecule has 1 N–H and O–H groups in total. The first-order chi connectivity index (χ1) is 10.7. The highest BCUT2D eigenvalue weighted by Crippen LogP contribution is 2.24. The van der Waals surface area contributed by atoms with Crippen LogP contribution in [0.3, 0.4) is 0 Å². The number of amides is 1. The molecule has 1 heterocycles. The van der Waals surface area contributed by atoms with Gasteiger partial charge in [-0.25, -0.2) is 0 Å². The average molecular weight is 309 g/mol. The number of rotatable bonds is 6. The van der Waals surface area contributed by atoms with E-state index in [1.807, 2.05) is 0 Å². The number of hydrogen-bond donors (Lipinski definition) is 1. The molecule has 4 nitrogen and oxygen atoms in total. The van der Waals surface area contributed by atoms with Crippen LogP contribution in [0.5, 0.6) is 0 Å². The van der Waals surface area contributed by atoms with Gasteiger partial charge in [0.25, 0.3) is 0 Å². The molecule has 0 aromatic carbocycles. The first-order valence-electron chi connectivity index (χ1n) is 9.48. The Labute approximate surface area is 136 Å². The van der Waals surface area contributed by atoms with Crippen molar-refractivity contribution in [1.82, 2.24) is 15.1 Å². The molecule has 0 radical (unpaired) electrons. The van der Waals surface area contributed by atoms with E-state index < -0.39 is 0 Å². The maximum atomic E-state index is 12.2. The van der Waals surface area contributed by atoms with Crippen molar-refractivity contribution in [3.8, 4) is 0 Å². The number of piperidine rings is 1. The molecule has 1 aliphatic heterocycles. The lowest BCUT2D eigenvalue weighted by atomic mass is 10.00. The van der Waals surface area contributed by atoms with E-state index >= 15 is 0 Å². The number of nitrogens with zero attached hydrogens (tertiary/aromatic N) is 2. The monoisotopic (exact) mass is 309 g/mol. The Morgan fingerprint density at radius 2 is 1.73 bits per heavy atom. The smallest absolute Gasteiger partial charge is 0.234 e. The van der Waals surface area contributed by atoms with Gasteiger partial charge in [0.15, 0.2) is 0 Å². The fourth-order valence-corrected chi connectivity index (χ4v) is 4.00. The maximum Gasteiger partial charge on any atom is 0.234 e. The maximum absolute atomic E-state index is 12.2. The lowest BCUT2D eigenvalue weighted by Crippen LogP contribution is -2.52. The van der Waals surface area contributed by atoms with Gasteiger partial charge in [0.2, 0.25) is 5.91 Å². The minimum atomic E-state index is 0.205. The zero-order valence-corrected chi connectivity index (χ0v) is 14.6. The van der Waals surface area contributed by atoms with Crippen LogP contribution >= 0.6 is 0 Å². The molecule has 0 spiro atoms. The summed E-state index contributed by atoms with van der Waals surface area (Å²) < 4.78 is 0.